The summed E-state index contributed by atoms with van der Waals surface area (Å²) in [4.78, 5) is 25.4. The predicted molar refractivity (Wildman–Crippen MR) is 110 cm³/mol. The minimum atomic E-state index is -3.65. The molecule has 0 saturated carbocycles. The van der Waals surface area contributed by atoms with E-state index in [-0.39, 0.29) is 18.9 Å². The Morgan fingerprint density at radius 1 is 1.13 bits per heavy atom. The molecule has 0 atom stereocenters. The summed E-state index contributed by atoms with van der Waals surface area (Å²) in [6, 6.07) is 0. The number of carboxylic acids is 1. The van der Waals surface area contributed by atoms with Crippen molar-refractivity contribution in [3.63, 3.8) is 0 Å². The molecule has 8 nitrogen and oxygen atoms in total. The summed E-state index contributed by atoms with van der Waals surface area (Å²) in [7, 11) is -1.94. The van der Waals surface area contributed by atoms with Crippen LogP contribution in [0.3, 0.4) is 0 Å². The van der Waals surface area contributed by atoms with Crippen LogP contribution < -0.4 is 4.90 Å². The van der Waals surface area contributed by atoms with Gasteiger partial charge in [0.15, 0.2) is 11.5 Å². The van der Waals surface area contributed by atoms with E-state index in [0.717, 1.165) is 9.58 Å². The number of halogens is 2. The van der Waals surface area contributed by atoms with Crippen LogP contribution in [0.4, 0.5) is 19.4 Å². The van der Waals surface area contributed by atoms with Crippen molar-refractivity contribution in [3.05, 3.63) is 11.3 Å². The third kappa shape index (κ3) is 4.83. The van der Waals surface area contributed by atoms with E-state index in [9.17, 15) is 14.7 Å². The fraction of sp³-hybridized carbons (Fsp3) is 0.737. The highest BCUT2D eigenvalue weighted by molar-refractivity contribution is 6.78. The summed E-state index contributed by atoms with van der Waals surface area (Å²) in [6.07, 6.45) is -0.811. The van der Waals surface area contributed by atoms with E-state index < -0.39 is 54.7 Å². The highest BCUT2D eigenvalue weighted by atomic mass is 28.3. The Balaban J connectivity index is 2.41. The van der Waals surface area contributed by atoms with E-state index in [2.05, 4.69) is 5.10 Å². The smallest absolute Gasteiger partial charge is 0.416 e. The van der Waals surface area contributed by atoms with Gasteiger partial charge in [0.2, 0.25) is 0 Å². The van der Waals surface area contributed by atoms with Crippen LogP contribution in [0.1, 0.15) is 50.7 Å². The number of amides is 1. The summed E-state index contributed by atoms with van der Waals surface area (Å²) >= 11 is 0. The number of anilines is 1. The van der Waals surface area contributed by atoms with Crippen molar-refractivity contribution in [1.82, 2.24) is 9.78 Å². The maximum absolute atomic E-state index is 15.1. The number of rotatable bonds is 6. The average molecular weight is 448 g/mol. The molecule has 0 radical (unpaired) electrons. The van der Waals surface area contributed by atoms with Crippen molar-refractivity contribution >= 4 is 26.0 Å². The summed E-state index contributed by atoms with van der Waals surface area (Å²) in [5.74, 6) is -5.44. The molecule has 0 bridgehead atoms. The summed E-state index contributed by atoms with van der Waals surface area (Å²) in [6.45, 7) is 13.7. The van der Waals surface area contributed by atoms with E-state index in [4.69, 9.17) is 9.47 Å². The number of aromatic carboxylic acids is 1. The molecule has 0 aromatic carbocycles. The van der Waals surface area contributed by atoms with Gasteiger partial charge in [-0.05, 0) is 34.6 Å². The second-order valence-electron chi connectivity index (χ2n) is 9.96. The third-order valence-corrected chi connectivity index (χ3v) is 9.07. The molecule has 0 unspecified atom stereocenters. The summed E-state index contributed by atoms with van der Waals surface area (Å²) in [5, 5.41) is 12.8. The minimum Gasteiger partial charge on any atom is -0.477 e. The zero-order valence-electron chi connectivity index (χ0n) is 18.8. The Morgan fingerprint density at radius 3 is 2.17 bits per heavy atom. The molecule has 0 fully saturated rings. The first-order valence-electron chi connectivity index (χ1n) is 9.74. The molecular weight excluding hydrogens is 416 g/mol. The van der Waals surface area contributed by atoms with E-state index in [1.54, 1.807) is 34.6 Å². The Morgan fingerprint density at radius 2 is 1.70 bits per heavy atom. The molecule has 0 spiro atoms. The van der Waals surface area contributed by atoms with Crippen LogP contribution in [0.25, 0.3) is 0 Å². The van der Waals surface area contributed by atoms with E-state index >= 15 is 8.78 Å². The Kier molecular flexibility index (Phi) is 6.14. The number of ether oxygens (including phenoxy) is 2. The van der Waals surface area contributed by atoms with Gasteiger partial charge in [-0.3, -0.25) is 4.90 Å². The minimum absolute atomic E-state index is 0.0858. The molecule has 1 N–H and O–H groups in total. The maximum Gasteiger partial charge on any atom is 0.416 e. The fourth-order valence-electron chi connectivity index (χ4n) is 2.69. The van der Waals surface area contributed by atoms with E-state index in [1.165, 1.54) is 0 Å². The van der Waals surface area contributed by atoms with Gasteiger partial charge in [0, 0.05) is 0 Å². The predicted octanol–water partition coefficient (Wildman–Crippen LogP) is 4.10. The monoisotopic (exact) mass is 447 g/mol. The van der Waals surface area contributed by atoms with Crippen LogP contribution in [0, 0.1) is 0 Å². The third-order valence-electron chi connectivity index (χ3n) is 5.31. The molecule has 1 aliphatic rings. The van der Waals surface area contributed by atoms with Gasteiger partial charge in [0.1, 0.15) is 17.8 Å². The topological polar surface area (TPSA) is 93.9 Å². The second-order valence-corrected chi connectivity index (χ2v) is 15.7. The van der Waals surface area contributed by atoms with Gasteiger partial charge in [0.05, 0.1) is 26.4 Å². The van der Waals surface area contributed by atoms with Crippen LogP contribution >= 0.6 is 0 Å². The number of nitrogens with zero attached hydrogens (tertiary/aromatic N) is 3. The Labute approximate surface area is 176 Å². The standard InChI is InChI=1S/C19H31F2N3O5Si/c1-17(2,3)29-16(27)23-9-10-24-14(23)12(15(25)26)13(22-24)19(20,21)11-28-18(4,5)30(6,7)8/h9-11H2,1-8H3,(H,25,26). The maximum atomic E-state index is 15.1. The highest BCUT2D eigenvalue weighted by Gasteiger charge is 2.47. The van der Waals surface area contributed by atoms with Gasteiger partial charge in [-0.25, -0.2) is 14.3 Å². The lowest BCUT2D eigenvalue weighted by Crippen LogP contribution is -2.50. The summed E-state index contributed by atoms with van der Waals surface area (Å²) in [5.41, 5.74) is -2.45. The molecule has 0 aliphatic carbocycles. The number of carbonyl (C=O) groups is 2. The van der Waals surface area contributed by atoms with Crippen LogP contribution in [0.5, 0.6) is 0 Å². The lowest BCUT2D eigenvalue weighted by Gasteiger charge is -2.38. The molecule has 1 aromatic heterocycles. The van der Waals surface area contributed by atoms with E-state index in [0.29, 0.717) is 0 Å². The van der Waals surface area contributed by atoms with Gasteiger partial charge >= 0.3 is 18.0 Å². The molecule has 2 rings (SSSR count). The summed E-state index contributed by atoms with van der Waals surface area (Å²) < 4.78 is 42.1. The van der Waals surface area contributed by atoms with Gasteiger partial charge in [0.25, 0.3) is 0 Å². The van der Waals surface area contributed by atoms with Crippen molar-refractivity contribution < 1.29 is 33.0 Å². The molecular formula is C19H31F2N3O5Si. The fourth-order valence-corrected chi connectivity index (χ4v) is 3.19. The molecule has 30 heavy (non-hydrogen) atoms. The number of fused-ring (bicyclic) bond motifs is 1. The van der Waals surface area contributed by atoms with Crippen LogP contribution in [0.2, 0.25) is 19.6 Å². The van der Waals surface area contributed by atoms with Gasteiger partial charge in [-0.15, -0.1) is 0 Å². The average Bonchev–Trinajstić information content (AvgIpc) is 3.09. The lowest BCUT2D eigenvalue weighted by molar-refractivity contribution is -0.114. The van der Waals surface area contributed by atoms with Crippen molar-refractivity contribution in [3.8, 4) is 0 Å². The quantitative estimate of drug-likeness (QED) is 0.660. The number of hydrogen-bond donors (Lipinski definition) is 1. The van der Waals surface area contributed by atoms with Crippen molar-refractivity contribution in [2.45, 2.75) is 77.6 Å². The van der Waals surface area contributed by atoms with Crippen molar-refractivity contribution in [2.24, 2.45) is 0 Å². The van der Waals surface area contributed by atoms with Crippen molar-refractivity contribution in [1.29, 1.82) is 0 Å². The number of alkyl halides is 2. The molecule has 1 amide bonds. The lowest BCUT2D eigenvalue weighted by atomic mass is 10.1. The first-order valence-corrected chi connectivity index (χ1v) is 13.2. The first kappa shape index (κ1) is 24.3. The normalized spacial score (nSPS) is 15.3. The van der Waals surface area contributed by atoms with Crippen molar-refractivity contribution in [2.75, 3.05) is 18.1 Å². The van der Waals surface area contributed by atoms with Crippen LogP contribution in [0.15, 0.2) is 0 Å². The number of carbonyl (C=O) groups excluding carboxylic acids is 1. The Bertz CT molecular complexity index is 840. The number of carboxylic acid groups (broad SMARTS) is 1. The molecule has 1 aliphatic heterocycles. The number of aromatic nitrogens is 2. The second kappa shape index (κ2) is 7.59. The zero-order chi connectivity index (χ0) is 23.3. The highest BCUT2D eigenvalue weighted by Crippen LogP contribution is 2.39. The molecule has 1 aromatic rings. The largest absolute Gasteiger partial charge is 0.477 e. The van der Waals surface area contributed by atoms with Gasteiger partial charge in [-0.1, -0.05) is 19.6 Å². The zero-order valence-corrected chi connectivity index (χ0v) is 19.8. The van der Waals surface area contributed by atoms with Gasteiger partial charge in [-0.2, -0.15) is 13.9 Å². The molecule has 2 heterocycles. The van der Waals surface area contributed by atoms with Gasteiger partial charge < -0.3 is 14.6 Å². The molecule has 170 valence electrons. The molecule has 0 saturated heterocycles. The SMILES string of the molecule is CC(C)(C)OC(=O)N1CCn2nc(C(F)(F)COC(C)(C)[Si](C)(C)C)c(C(=O)O)c21. The number of hydrogen-bond acceptors (Lipinski definition) is 5. The van der Waals surface area contributed by atoms with Crippen LogP contribution in [-0.4, -0.2) is 59.0 Å². The first-order chi connectivity index (χ1) is 13.4. The van der Waals surface area contributed by atoms with Crippen LogP contribution in [-0.2, 0) is 21.9 Å². The molecule has 11 heteroatoms. The Hall–Kier alpha value is -2.01. The van der Waals surface area contributed by atoms with E-state index in [1.807, 2.05) is 19.6 Å².